The average molecular weight is 237 g/mol. The molecule has 0 bridgehead atoms. The van der Waals surface area contributed by atoms with Crippen molar-refractivity contribution in [2.75, 3.05) is 0 Å². The van der Waals surface area contributed by atoms with E-state index in [9.17, 15) is 0 Å². The molecule has 0 radical (unpaired) electrons. The summed E-state index contributed by atoms with van der Waals surface area (Å²) in [5, 5.41) is 3.04. The molecule has 18 heavy (non-hydrogen) atoms. The van der Waals surface area contributed by atoms with Gasteiger partial charge in [0.1, 0.15) is 0 Å². The maximum atomic E-state index is 6.38. The third-order valence-electron chi connectivity index (χ3n) is 4.73. The molecular weight excluding hydrogens is 218 g/mol. The van der Waals surface area contributed by atoms with Crippen molar-refractivity contribution < 1.29 is 0 Å². The minimum Gasteiger partial charge on any atom is -0.324 e. The van der Waals surface area contributed by atoms with Crippen LogP contribution in [0.3, 0.4) is 0 Å². The van der Waals surface area contributed by atoms with Crippen LogP contribution in [0.4, 0.5) is 0 Å². The van der Waals surface area contributed by atoms with Crippen LogP contribution in [0, 0.1) is 0 Å². The van der Waals surface area contributed by atoms with Crippen molar-refractivity contribution in [1.82, 2.24) is 0 Å². The second kappa shape index (κ2) is 3.83. The first-order valence-corrected chi connectivity index (χ1v) is 7.16. The summed E-state index contributed by atoms with van der Waals surface area (Å²) in [6.07, 6.45) is 7.34. The van der Waals surface area contributed by atoms with Crippen LogP contribution in [0.25, 0.3) is 10.8 Å². The fraction of sp³-hybridized carbons (Fsp3) is 0.412. The maximum absolute atomic E-state index is 6.38. The van der Waals surface area contributed by atoms with Crippen molar-refractivity contribution in [3.05, 3.63) is 46.5 Å². The van der Waals surface area contributed by atoms with E-state index in [1.54, 1.807) is 16.5 Å². The highest BCUT2D eigenvalue weighted by Crippen LogP contribution is 2.39. The van der Waals surface area contributed by atoms with Gasteiger partial charge in [-0.05, 0) is 65.1 Å². The average Bonchev–Trinajstić information content (AvgIpc) is 2.71. The number of rotatable bonds is 0. The molecule has 0 aromatic heterocycles. The molecule has 1 heteroatoms. The Morgan fingerprint density at radius 2 is 1.89 bits per heavy atom. The van der Waals surface area contributed by atoms with Crippen LogP contribution in [0.1, 0.15) is 47.6 Å². The van der Waals surface area contributed by atoms with E-state index in [2.05, 4.69) is 24.3 Å². The molecule has 0 fully saturated rings. The molecule has 0 unspecified atom stereocenters. The highest BCUT2D eigenvalue weighted by atomic mass is 14.6. The molecule has 0 saturated heterocycles. The molecule has 0 heterocycles. The van der Waals surface area contributed by atoms with Crippen LogP contribution in [0.5, 0.6) is 0 Å². The minimum absolute atomic E-state index is 0.257. The first-order chi connectivity index (χ1) is 8.84. The topological polar surface area (TPSA) is 26.0 Å². The third kappa shape index (κ3) is 1.37. The number of fused-ring (bicyclic) bond motifs is 2. The second-order valence-electron chi connectivity index (χ2n) is 5.80. The van der Waals surface area contributed by atoms with Gasteiger partial charge in [-0.15, -0.1) is 0 Å². The highest BCUT2D eigenvalue weighted by Gasteiger charge is 2.22. The van der Waals surface area contributed by atoms with Gasteiger partial charge in [0.2, 0.25) is 0 Å². The molecule has 92 valence electrons. The third-order valence-corrected chi connectivity index (χ3v) is 4.73. The van der Waals surface area contributed by atoms with Crippen molar-refractivity contribution in [1.29, 1.82) is 0 Å². The number of hydrogen-bond donors (Lipinski definition) is 1. The van der Waals surface area contributed by atoms with Crippen LogP contribution in [-0.2, 0) is 19.3 Å². The largest absolute Gasteiger partial charge is 0.324 e. The fourth-order valence-electron chi connectivity index (χ4n) is 3.84. The summed E-state index contributed by atoms with van der Waals surface area (Å²) >= 11 is 0. The Kier molecular flexibility index (Phi) is 2.25. The SMILES string of the molecule is N[C@@H]1CCCCc2c1cc1c3c(cccc23)CC1. The quantitative estimate of drug-likeness (QED) is 0.695. The number of hydrogen-bond acceptors (Lipinski definition) is 1. The van der Waals surface area contributed by atoms with Gasteiger partial charge in [0.15, 0.2) is 0 Å². The lowest BCUT2D eigenvalue weighted by atomic mass is 9.91. The van der Waals surface area contributed by atoms with Gasteiger partial charge in [-0.3, -0.25) is 0 Å². The summed E-state index contributed by atoms with van der Waals surface area (Å²) in [6, 6.07) is 9.51. The van der Waals surface area contributed by atoms with Crippen LogP contribution >= 0.6 is 0 Å². The zero-order chi connectivity index (χ0) is 12.1. The Morgan fingerprint density at radius 1 is 1.00 bits per heavy atom. The summed E-state index contributed by atoms with van der Waals surface area (Å²) in [6.45, 7) is 0. The lowest BCUT2D eigenvalue weighted by Crippen LogP contribution is -2.11. The molecule has 1 atom stereocenters. The zero-order valence-corrected chi connectivity index (χ0v) is 10.7. The molecule has 2 N–H and O–H groups in total. The summed E-state index contributed by atoms with van der Waals surface area (Å²) in [7, 11) is 0. The van der Waals surface area contributed by atoms with E-state index < -0.39 is 0 Å². The first kappa shape index (κ1) is 10.6. The van der Waals surface area contributed by atoms with Crippen molar-refractivity contribution >= 4 is 10.8 Å². The van der Waals surface area contributed by atoms with Gasteiger partial charge in [0.05, 0.1) is 0 Å². The number of aryl methyl sites for hydroxylation is 3. The van der Waals surface area contributed by atoms with Gasteiger partial charge in [0.25, 0.3) is 0 Å². The minimum atomic E-state index is 0.257. The molecule has 0 spiro atoms. The van der Waals surface area contributed by atoms with Gasteiger partial charge in [0, 0.05) is 6.04 Å². The van der Waals surface area contributed by atoms with Crippen molar-refractivity contribution in [3.8, 4) is 0 Å². The van der Waals surface area contributed by atoms with E-state index >= 15 is 0 Å². The molecule has 2 aliphatic rings. The summed E-state index contributed by atoms with van der Waals surface area (Å²) in [5.74, 6) is 0. The van der Waals surface area contributed by atoms with Crippen LogP contribution in [-0.4, -0.2) is 0 Å². The Morgan fingerprint density at radius 3 is 2.83 bits per heavy atom. The van der Waals surface area contributed by atoms with Gasteiger partial charge in [-0.2, -0.15) is 0 Å². The van der Waals surface area contributed by atoms with Crippen LogP contribution in [0.2, 0.25) is 0 Å². The standard InChI is InChI=1S/C17H19N/c18-16-7-2-1-5-13-14-6-3-4-11-8-9-12(17(11)14)10-15(13)16/h3-4,6,10,16H,1-2,5,7-9,18H2/t16-/m1/s1. The number of benzene rings is 2. The lowest BCUT2D eigenvalue weighted by molar-refractivity contribution is 0.615. The monoisotopic (exact) mass is 237 g/mol. The lowest BCUT2D eigenvalue weighted by Gasteiger charge is -2.16. The Labute approximate surface area is 108 Å². The van der Waals surface area contributed by atoms with Gasteiger partial charge in [-0.25, -0.2) is 0 Å². The first-order valence-electron chi connectivity index (χ1n) is 7.16. The summed E-state index contributed by atoms with van der Waals surface area (Å²) in [5.41, 5.74) is 12.4. The Balaban J connectivity index is 2.09. The molecule has 2 aromatic rings. The predicted molar refractivity (Wildman–Crippen MR) is 75.8 cm³/mol. The van der Waals surface area contributed by atoms with Crippen LogP contribution < -0.4 is 5.73 Å². The van der Waals surface area contributed by atoms with Crippen molar-refractivity contribution in [2.45, 2.75) is 44.6 Å². The van der Waals surface area contributed by atoms with Crippen molar-refractivity contribution in [3.63, 3.8) is 0 Å². The summed E-state index contributed by atoms with van der Waals surface area (Å²) in [4.78, 5) is 0. The molecule has 2 aliphatic carbocycles. The van der Waals surface area contributed by atoms with Crippen LogP contribution in [0.15, 0.2) is 24.3 Å². The van der Waals surface area contributed by atoms with E-state index in [0.717, 1.165) is 6.42 Å². The Hall–Kier alpha value is -1.34. The normalized spacial score (nSPS) is 21.9. The van der Waals surface area contributed by atoms with E-state index in [4.69, 9.17) is 5.73 Å². The van der Waals surface area contributed by atoms with Gasteiger partial charge >= 0.3 is 0 Å². The smallest absolute Gasteiger partial charge is 0.0297 e. The number of nitrogens with two attached hydrogens (primary N) is 1. The molecule has 0 saturated carbocycles. The molecule has 0 aliphatic heterocycles. The Bertz CT molecular complexity index is 627. The molecular formula is C17H19N. The van der Waals surface area contributed by atoms with E-state index in [0.29, 0.717) is 0 Å². The molecule has 1 nitrogen and oxygen atoms in total. The van der Waals surface area contributed by atoms with E-state index in [1.165, 1.54) is 48.6 Å². The summed E-state index contributed by atoms with van der Waals surface area (Å²) < 4.78 is 0. The predicted octanol–water partition coefficient (Wildman–Crippen LogP) is 3.66. The molecule has 4 rings (SSSR count). The maximum Gasteiger partial charge on any atom is 0.0297 e. The fourth-order valence-corrected chi connectivity index (χ4v) is 3.84. The molecule has 0 amide bonds. The molecule has 2 aromatic carbocycles. The van der Waals surface area contributed by atoms with Gasteiger partial charge < -0.3 is 5.73 Å². The highest BCUT2D eigenvalue weighted by molar-refractivity contribution is 5.94. The second-order valence-corrected chi connectivity index (χ2v) is 5.80. The van der Waals surface area contributed by atoms with E-state index in [1.807, 2.05) is 0 Å². The van der Waals surface area contributed by atoms with Crippen molar-refractivity contribution in [2.24, 2.45) is 5.73 Å². The zero-order valence-electron chi connectivity index (χ0n) is 10.7. The van der Waals surface area contributed by atoms with E-state index in [-0.39, 0.29) is 6.04 Å². The van der Waals surface area contributed by atoms with Gasteiger partial charge in [-0.1, -0.05) is 30.7 Å².